The van der Waals surface area contributed by atoms with Gasteiger partial charge >= 0.3 is 0 Å². The van der Waals surface area contributed by atoms with Crippen LogP contribution in [0.3, 0.4) is 0 Å². The predicted molar refractivity (Wildman–Crippen MR) is 112 cm³/mol. The molecule has 1 heterocycles. The van der Waals surface area contributed by atoms with Crippen molar-refractivity contribution in [3.63, 3.8) is 0 Å². The molecule has 0 bridgehead atoms. The maximum Gasteiger partial charge on any atom is 0.185 e. The predicted octanol–water partition coefficient (Wildman–Crippen LogP) is 5.12. The minimum absolute atomic E-state index is 0.00933. The Morgan fingerprint density at radius 3 is 2.56 bits per heavy atom. The highest BCUT2D eigenvalue weighted by molar-refractivity contribution is 6.05. The number of hydrogen-bond donors (Lipinski definition) is 0. The molecule has 27 heavy (non-hydrogen) atoms. The summed E-state index contributed by atoms with van der Waals surface area (Å²) in [4.78, 5) is 14.5. The van der Waals surface area contributed by atoms with Crippen molar-refractivity contribution in [1.29, 1.82) is 0 Å². The summed E-state index contributed by atoms with van der Waals surface area (Å²) in [5.74, 6) is 0.876. The van der Waals surface area contributed by atoms with E-state index < -0.39 is 0 Å². The van der Waals surface area contributed by atoms with Crippen molar-refractivity contribution in [2.45, 2.75) is 0 Å². The van der Waals surface area contributed by atoms with E-state index in [0.717, 1.165) is 28.0 Å². The summed E-state index contributed by atoms with van der Waals surface area (Å²) >= 11 is 0. The number of nitrogens with zero attached hydrogens (tertiary/aromatic N) is 1. The zero-order valence-corrected chi connectivity index (χ0v) is 15.5. The summed E-state index contributed by atoms with van der Waals surface area (Å²) < 4.78 is 5.89. The smallest absolute Gasteiger partial charge is 0.185 e. The maximum absolute atomic E-state index is 12.5. The second-order valence-corrected chi connectivity index (χ2v) is 6.85. The van der Waals surface area contributed by atoms with Gasteiger partial charge in [0.1, 0.15) is 12.4 Å². The molecule has 0 N–H and O–H groups in total. The molecule has 3 nitrogen and oxygen atoms in total. The molecule has 0 fully saturated rings. The van der Waals surface area contributed by atoms with Crippen LogP contribution in [-0.4, -0.2) is 26.5 Å². The van der Waals surface area contributed by atoms with Crippen LogP contribution in [0.2, 0.25) is 0 Å². The Bertz CT molecular complexity index is 1060. The van der Waals surface area contributed by atoms with Gasteiger partial charge in [0.2, 0.25) is 0 Å². The molecule has 0 saturated heterocycles. The van der Waals surface area contributed by atoms with E-state index in [2.05, 4.69) is 24.3 Å². The van der Waals surface area contributed by atoms with E-state index >= 15 is 0 Å². The number of hydrogen-bond acceptors (Lipinski definition) is 3. The topological polar surface area (TPSA) is 29.5 Å². The third-order valence-corrected chi connectivity index (χ3v) is 4.77. The molecule has 1 aliphatic rings. The third-order valence-electron chi connectivity index (χ3n) is 4.77. The van der Waals surface area contributed by atoms with E-state index in [1.54, 1.807) is 6.08 Å². The summed E-state index contributed by atoms with van der Waals surface area (Å²) in [6.07, 6.45) is 5.59. The summed E-state index contributed by atoms with van der Waals surface area (Å²) in [5, 5.41) is 2.34. The van der Waals surface area contributed by atoms with E-state index in [0.29, 0.717) is 12.2 Å². The van der Waals surface area contributed by atoms with Gasteiger partial charge in [0.15, 0.2) is 5.78 Å². The van der Waals surface area contributed by atoms with E-state index in [9.17, 15) is 4.79 Å². The lowest BCUT2D eigenvalue weighted by atomic mass is 9.99. The van der Waals surface area contributed by atoms with Crippen LogP contribution < -0.4 is 9.64 Å². The standard InChI is InChI=1S/C24H21NO2/c1-25(2)20-11-8-19(9-12-20)23(26)13-7-17-15-22-21-6-4-3-5-18(21)10-14-24(22)27-16-17/h3-15H,16H2,1-2H3/b13-7+. The summed E-state index contributed by atoms with van der Waals surface area (Å²) in [6, 6.07) is 19.9. The van der Waals surface area contributed by atoms with E-state index in [4.69, 9.17) is 4.74 Å². The monoisotopic (exact) mass is 355 g/mol. The molecule has 134 valence electrons. The fraction of sp³-hybridized carbons (Fsp3) is 0.125. The number of carbonyl (C=O) groups excluding carboxylic acids is 1. The van der Waals surface area contributed by atoms with Gasteiger partial charge in [-0.25, -0.2) is 0 Å². The number of rotatable bonds is 4. The molecular formula is C24H21NO2. The SMILES string of the molecule is CN(C)c1ccc(C(=O)/C=C/C2=Cc3c(ccc4ccccc34)OC2)cc1. The van der Waals surface area contributed by atoms with Gasteiger partial charge in [-0.2, -0.15) is 0 Å². The Labute approximate surface area is 159 Å². The van der Waals surface area contributed by atoms with Crippen LogP contribution in [0.5, 0.6) is 5.75 Å². The van der Waals surface area contributed by atoms with Crippen LogP contribution in [0.4, 0.5) is 5.69 Å². The lowest BCUT2D eigenvalue weighted by Gasteiger charge is -2.18. The van der Waals surface area contributed by atoms with Crippen molar-refractivity contribution in [1.82, 2.24) is 0 Å². The largest absolute Gasteiger partial charge is 0.488 e. The van der Waals surface area contributed by atoms with Crippen molar-refractivity contribution in [3.05, 3.63) is 89.5 Å². The zero-order chi connectivity index (χ0) is 18.8. The Hall–Kier alpha value is -3.33. The molecule has 0 unspecified atom stereocenters. The highest BCUT2D eigenvalue weighted by atomic mass is 16.5. The van der Waals surface area contributed by atoms with Crippen LogP contribution in [-0.2, 0) is 0 Å². The first kappa shape index (κ1) is 17.1. The molecule has 0 saturated carbocycles. The van der Waals surface area contributed by atoms with E-state index in [1.807, 2.05) is 67.5 Å². The van der Waals surface area contributed by atoms with Crippen LogP contribution in [0.15, 0.2) is 78.4 Å². The summed E-state index contributed by atoms with van der Waals surface area (Å²) in [5.41, 5.74) is 3.81. The first-order valence-electron chi connectivity index (χ1n) is 8.97. The summed E-state index contributed by atoms with van der Waals surface area (Å²) in [6.45, 7) is 0.467. The number of carbonyl (C=O) groups is 1. The average molecular weight is 355 g/mol. The number of anilines is 1. The number of allylic oxidation sites excluding steroid dienone is 1. The Morgan fingerprint density at radius 1 is 1.00 bits per heavy atom. The van der Waals surface area contributed by atoms with Crippen LogP contribution in [0.1, 0.15) is 15.9 Å². The molecule has 3 aromatic rings. The Kier molecular flexibility index (Phi) is 4.51. The van der Waals surface area contributed by atoms with Gasteiger partial charge in [0, 0.05) is 30.9 Å². The molecule has 0 spiro atoms. The van der Waals surface area contributed by atoms with E-state index in [-0.39, 0.29) is 5.78 Å². The first-order chi connectivity index (χ1) is 13.1. The Morgan fingerprint density at radius 2 is 1.78 bits per heavy atom. The van der Waals surface area contributed by atoms with Gasteiger partial charge < -0.3 is 9.64 Å². The normalized spacial score (nSPS) is 13.2. The highest BCUT2D eigenvalue weighted by Gasteiger charge is 2.13. The quantitative estimate of drug-likeness (QED) is 0.480. The van der Waals surface area contributed by atoms with Crippen molar-refractivity contribution in [3.8, 4) is 5.75 Å². The molecule has 4 rings (SSSR count). The lowest BCUT2D eigenvalue weighted by molar-refractivity contribution is 0.104. The van der Waals surface area contributed by atoms with Gasteiger partial charge in [-0.05, 0) is 58.8 Å². The molecule has 0 amide bonds. The van der Waals surface area contributed by atoms with Gasteiger partial charge in [-0.1, -0.05) is 36.4 Å². The van der Waals surface area contributed by atoms with Crippen molar-refractivity contribution >= 4 is 28.3 Å². The second kappa shape index (κ2) is 7.12. The van der Waals surface area contributed by atoms with Crippen molar-refractivity contribution in [2.24, 2.45) is 0 Å². The zero-order valence-electron chi connectivity index (χ0n) is 15.5. The van der Waals surface area contributed by atoms with Crippen molar-refractivity contribution < 1.29 is 9.53 Å². The Balaban J connectivity index is 1.59. The number of fused-ring (bicyclic) bond motifs is 3. The molecule has 0 aliphatic carbocycles. The van der Waals surface area contributed by atoms with E-state index in [1.165, 1.54) is 5.39 Å². The van der Waals surface area contributed by atoms with Gasteiger partial charge in [0.25, 0.3) is 0 Å². The fourth-order valence-electron chi connectivity index (χ4n) is 3.24. The number of ether oxygens (including phenoxy) is 1. The molecule has 1 aliphatic heterocycles. The molecular weight excluding hydrogens is 334 g/mol. The van der Waals surface area contributed by atoms with Crippen LogP contribution in [0.25, 0.3) is 16.8 Å². The number of ketones is 1. The molecule has 3 aromatic carbocycles. The van der Waals surface area contributed by atoms with Gasteiger partial charge in [0.05, 0.1) is 0 Å². The maximum atomic E-state index is 12.5. The average Bonchev–Trinajstić information content (AvgIpc) is 2.71. The summed E-state index contributed by atoms with van der Waals surface area (Å²) in [7, 11) is 3.96. The minimum atomic E-state index is -0.00933. The van der Waals surface area contributed by atoms with Gasteiger partial charge in [-0.15, -0.1) is 0 Å². The first-order valence-corrected chi connectivity index (χ1v) is 8.97. The molecule has 0 radical (unpaired) electrons. The second-order valence-electron chi connectivity index (χ2n) is 6.85. The molecule has 0 atom stereocenters. The molecule has 0 aromatic heterocycles. The molecule has 3 heteroatoms. The van der Waals surface area contributed by atoms with Crippen LogP contribution in [0, 0.1) is 0 Å². The fourth-order valence-corrected chi connectivity index (χ4v) is 3.24. The van der Waals surface area contributed by atoms with Crippen LogP contribution >= 0.6 is 0 Å². The third kappa shape index (κ3) is 3.49. The minimum Gasteiger partial charge on any atom is -0.488 e. The highest BCUT2D eigenvalue weighted by Crippen LogP contribution is 2.33. The lowest BCUT2D eigenvalue weighted by Crippen LogP contribution is -2.08. The number of benzene rings is 3. The van der Waals surface area contributed by atoms with Gasteiger partial charge in [-0.3, -0.25) is 4.79 Å². The van der Waals surface area contributed by atoms with Crippen molar-refractivity contribution in [2.75, 3.05) is 25.6 Å².